The molecule has 106 valence electrons. The maximum Gasteiger partial charge on any atom is 0.128 e. The Kier molecular flexibility index (Phi) is 4.61. The summed E-state index contributed by atoms with van der Waals surface area (Å²) >= 11 is 0. The Hall–Kier alpha value is -2.03. The SMILES string of the molecule is Cc1ccc(NCc2ccc(OC(C)C)cc2)cc1F. The lowest BCUT2D eigenvalue weighted by molar-refractivity contribution is 0.242. The van der Waals surface area contributed by atoms with Gasteiger partial charge in [0.05, 0.1) is 6.10 Å². The lowest BCUT2D eigenvalue weighted by Crippen LogP contribution is -2.05. The topological polar surface area (TPSA) is 21.3 Å². The number of rotatable bonds is 5. The fourth-order valence-electron chi connectivity index (χ4n) is 1.86. The van der Waals surface area contributed by atoms with Gasteiger partial charge in [-0.15, -0.1) is 0 Å². The summed E-state index contributed by atoms with van der Waals surface area (Å²) in [4.78, 5) is 0. The van der Waals surface area contributed by atoms with Gasteiger partial charge in [0.1, 0.15) is 11.6 Å². The van der Waals surface area contributed by atoms with E-state index >= 15 is 0 Å². The van der Waals surface area contributed by atoms with Crippen LogP contribution in [0.5, 0.6) is 5.75 Å². The largest absolute Gasteiger partial charge is 0.491 e. The summed E-state index contributed by atoms with van der Waals surface area (Å²) in [5.74, 6) is 0.681. The summed E-state index contributed by atoms with van der Waals surface area (Å²) in [7, 11) is 0. The van der Waals surface area contributed by atoms with Crippen molar-refractivity contribution in [1.29, 1.82) is 0 Å². The molecule has 0 bridgehead atoms. The molecule has 0 spiro atoms. The number of hydrogen-bond acceptors (Lipinski definition) is 2. The normalized spacial score (nSPS) is 10.7. The minimum absolute atomic E-state index is 0.175. The zero-order valence-electron chi connectivity index (χ0n) is 12.1. The number of hydrogen-bond donors (Lipinski definition) is 1. The van der Waals surface area contributed by atoms with Gasteiger partial charge in [-0.3, -0.25) is 0 Å². The van der Waals surface area contributed by atoms with E-state index in [4.69, 9.17) is 4.74 Å². The standard InChI is InChI=1S/C17H20FNO/c1-12(2)20-16-8-5-14(6-9-16)11-19-15-7-4-13(3)17(18)10-15/h4-10,12,19H,11H2,1-3H3. The molecule has 0 aromatic heterocycles. The van der Waals surface area contributed by atoms with Crippen molar-refractivity contribution in [2.45, 2.75) is 33.4 Å². The van der Waals surface area contributed by atoms with Gasteiger partial charge in [-0.25, -0.2) is 4.39 Å². The summed E-state index contributed by atoms with van der Waals surface area (Å²) in [6, 6.07) is 13.1. The van der Waals surface area contributed by atoms with Crippen LogP contribution in [0.1, 0.15) is 25.0 Å². The Labute approximate surface area is 119 Å². The highest BCUT2D eigenvalue weighted by Gasteiger charge is 2.01. The molecular formula is C17H20FNO. The van der Waals surface area contributed by atoms with E-state index in [1.54, 1.807) is 13.0 Å². The lowest BCUT2D eigenvalue weighted by Gasteiger charge is -2.11. The van der Waals surface area contributed by atoms with Crippen molar-refractivity contribution >= 4 is 5.69 Å². The van der Waals surface area contributed by atoms with Crippen LogP contribution in [0, 0.1) is 12.7 Å². The minimum Gasteiger partial charge on any atom is -0.491 e. The number of anilines is 1. The monoisotopic (exact) mass is 273 g/mol. The summed E-state index contributed by atoms with van der Waals surface area (Å²) in [6.45, 7) is 6.42. The second-order valence-corrected chi connectivity index (χ2v) is 5.13. The average Bonchev–Trinajstić information content (AvgIpc) is 2.41. The number of nitrogens with one attached hydrogen (secondary N) is 1. The van der Waals surface area contributed by atoms with E-state index in [0.717, 1.165) is 17.0 Å². The summed E-state index contributed by atoms with van der Waals surface area (Å²) in [6.07, 6.45) is 0.175. The Morgan fingerprint density at radius 2 is 1.80 bits per heavy atom. The lowest BCUT2D eigenvalue weighted by atomic mass is 10.2. The number of ether oxygens (including phenoxy) is 1. The van der Waals surface area contributed by atoms with Crippen molar-refractivity contribution in [3.63, 3.8) is 0 Å². The van der Waals surface area contributed by atoms with Gasteiger partial charge in [0.15, 0.2) is 0 Å². The molecule has 0 amide bonds. The maximum atomic E-state index is 13.4. The molecule has 2 rings (SSSR count). The molecular weight excluding hydrogens is 253 g/mol. The zero-order valence-corrected chi connectivity index (χ0v) is 12.1. The molecule has 0 saturated carbocycles. The molecule has 0 radical (unpaired) electrons. The molecule has 2 aromatic rings. The molecule has 3 heteroatoms. The van der Waals surface area contributed by atoms with Crippen LogP contribution in [0.2, 0.25) is 0 Å². The van der Waals surface area contributed by atoms with Crippen molar-refractivity contribution in [3.8, 4) is 5.75 Å². The fraction of sp³-hybridized carbons (Fsp3) is 0.294. The number of halogens is 1. The van der Waals surface area contributed by atoms with Crippen molar-refractivity contribution in [2.75, 3.05) is 5.32 Å². The van der Waals surface area contributed by atoms with Crippen LogP contribution in [0.4, 0.5) is 10.1 Å². The van der Waals surface area contributed by atoms with E-state index in [9.17, 15) is 4.39 Å². The highest BCUT2D eigenvalue weighted by molar-refractivity contribution is 5.45. The first kappa shape index (κ1) is 14.4. The van der Waals surface area contributed by atoms with Crippen LogP contribution in [0.15, 0.2) is 42.5 Å². The summed E-state index contributed by atoms with van der Waals surface area (Å²) in [5, 5.41) is 3.21. The molecule has 0 heterocycles. The first-order valence-electron chi connectivity index (χ1n) is 6.80. The molecule has 0 saturated heterocycles. The van der Waals surface area contributed by atoms with Gasteiger partial charge in [0.2, 0.25) is 0 Å². The van der Waals surface area contributed by atoms with Gasteiger partial charge in [-0.05, 0) is 56.2 Å². The molecule has 2 nitrogen and oxygen atoms in total. The third-order valence-corrected chi connectivity index (χ3v) is 2.96. The van der Waals surface area contributed by atoms with Gasteiger partial charge in [0, 0.05) is 12.2 Å². The molecule has 0 fully saturated rings. The van der Waals surface area contributed by atoms with Gasteiger partial charge in [-0.2, -0.15) is 0 Å². The predicted molar refractivity (Wildman–Crippen MR) is 80.7 cm³/mol. The molecule has 0 aliphatic rings. The quantitative estimate of drug-likeness (QED) is 0.864. The van der Waals surface area contributed by atoms with E-state index in [2.05, 4.69) is 5.32 Å². The third kappa shape index (κ3) is 3.98. The van der Waals surface area contributed by atoms with E-state index in [1.165, 1.54) is 6.07 Å². The Bertz CT molecular complexity index is 564. The van der Waals surface area contributed by atoms with E-state index < -0.39 is 0 Å². The third-order valence-electron chi connectivity index (χ3n) is 2.96. The second-order valence-electron chi connectivity index (χ2n) is 5.13. The molecule has 20 heavy (non-hydrogen) atoms. The van der Waals surface area contributed by atoms with Crippen LogP contribution in [0.3, 0.4) is 0 Å². The predicted octanol–water partition coefficient (Wildman–Crippen LogP) is 4.53. The van der Waals surface area contributed by atoms with Gasteiger partial charge in [0.25, 0.3) is 0 Å². The Morgan fingerprint density at radius 3 is 2.40 bits per heavy atom. The molecule has 0 aliphatic heterocycles. The summed E-state index contributed by atoms with van der Waals surface area (Å²) in [5.41, 5.74) is 2.57. The van der Waals surface area contributed by atoms with Crippen LogP contribution in [-0.2, 0) is 6.54 Å². The molecule has 0 aliphatic carbocycles. The van der Waals surface area contributed by atoms with Crippen LogP contribution < -0.4 is 10.1 Å². The van der Waals surface area contributed by atoms with Crippen molar-refractivity contribution in [2.24, 2.45) is 0 Å². The highest BCUT2D eigenvalue weighted by atomic mass is 19.1. The maximum absolute atomic E-state index is 13.4. The average molecular weight is 273 g/mol. The minimum atomic E-state index is -0.185. The van der Waals surface area contributed by atoms with Gasteiger partial charge in [-0.1, -0.05) is 18.2 Å². The van der Waals surface area contributed by atoms with E-state index in [-0.39, 0.29) is 11.9 Å². The fourth-order valence-corrected chi connectivity index (χ4v) is 1.86. The van der Waals surface area contributed by atoms with Crippen molar-refractivity contribution < 1.29 is 9.13 Å². The smallest absolute Gasteiger partial charge is 0.128 e. The Morgan fingerprint density at radius 1 is 1.10 bits per heavy atom. The molecule has 0 atom stereocenters. The van der Waals surface area contributed by atoms with Crippen molar-refractivity contribution in [1.82, 2.24) is 0 Å². The number of aryl methyl sites for hydroxylation is 1. The van der Waals surface area contributed by atoms with Crippen molar-refractivity contribution in [3.05, 3.63) is 59.4 Å². The van der Waals surface area contributed by atoms with Crippen LogP contribution in [0.25, 0.3) is 0 Å². The Balaban J connectivity index is 1.95. The van der Waals surface area contributed by atoms with Gasteiger partial charge < -0.3 is 10.1 Å². The van der Waals surface area contributed by atoms with E-state index in [1.807, 2.05) is 44.2 Å². The number of benzene rings is 2. The first-order valence-corrected chi connectivity index (χ1v) is 6.80. The molecule has 2 aromatic carbocycles. The van der Waals surface area contributed by atoms with E-state index in [0.29, 0.717) is 12.1 Å². The molecule has 0 unspecified atom stereocenters. The first-order chi connectivity index (χ1) is 9.54. The highest BCUT2D eigenvalue weighted by Crippen LogP contribution is 2.17. The summed E-state index contributed by atoms with van der Waals surface area (Å²) < 4.78 is 19.0. The van der Waals surface area contributed by atoms with Crippen LogP contribution >= 0.6 is 0 Å². The van der Waals surface area contributed by atoms with Gasteiger partial charge >= 0.3 is 0 Å². The molecule has 1 N–H and O–H groups in total. The zero-order chi connectivity index (χ0) is 14.5. The van der Waals surface area contributed by atoms with Crippen LogP contribution in [-0.4, -0.2) is 6.10 Å². The second kappa shape index (κ2) is 6.42.